The highest BCUT2D eigenvalue weighted by molar-refractivity contribution is 7.89. The van der Waals surface area contributed by atoms with Crippen LogP contribution in [-0.4, -0.2) is 26.3 Å². The van der Waals surface area contributed by atoms with E-state index in [1.807, 2.05) is 0 Å². The van der Waals surface area contributed by atoms with E-state index in [1.165, 1.54) is 12.1 Å². The molecule has 4 rings (SSSR count). The first-order valence-corrected chi connectivity index (χ1v) is 9.99. The van der Waals surface area contributed by atoms with Gasteiger partial charge in [0.25, 0.3) is 5.91 Å². The SMILES string of the molecule is O=C1Nc2ccc(S(=O)(=O)NC(Cc3ccccc3)C(=O)[O-])c3cccc1c23. The summed E-state index contributed by atoms with van der Waals surface area (Å²) in [6.07, 6.45) is -0.0519. The number of carboxylic acid groups (broad SMARTS) is 1. The van der Waals surface area contributed by atoms with Crippen molar-refractivity contribution in [3.05, 3.63) is 71.8 Å². The van der Waals surface area contributed by atoms with Crippen molar-refractivity contribution in [3.8, 4) is 0 Å². The molecule has 8 heteroatoms. The van der Waals surface area contributed by atoms with Gasteiger partial charge in [-0.05, 0) is 30.2 Å². The number of nitrogens with one attached hydrogen (secondary N) is 2. The molecule has 0 saturated carbocycles. The molecule has 0 aromatic heterocycles. The first-order valence-electron chi connectivity index (χ1n) is 8.51. The van der Waals surface area contributed by atoms with Gasteiger partial charge in [-0.1, -0.05) is 42.5 Å². The van der Waals surface area contributed by atoms with Crippen molar-refractivity contribution in [2.75, 3.05) is 5.32 Å². The molecule has 3 aromatic rings. The number of carbonyl (C=O) groups excluding carboxylic acids is 2. The summed E-state index contributed by atoms with van der Waals surface area (Å²) in [5.41, 5.74) is 1.56. The van der Waals surface area contributed by atoms with Gasteiger partial charge in [0.1, 0.15) is 0 Å². The van der Waals surface area contributed by atoms with Gasteiger partial charge in [-0.15, -0.1) is 0 Å². The summed E-state index contributed by atoms with van der Waals surface area (Å²) in [5, 5.41) is 15.1. The number of sulfonamides is 1. The van der Waals surface area contributed by atoms with Gasteiger partial charge in [-0.3, -0.25) is 4.79 Å². The summed E-state index contributed by atoms with van der Waals surface area (Å²) in [4.78, 5) is 23.5. The van der Waals surface area contributed by atoms with E-state index in [2.05, 4.69) is 10.0 Å². The van der Waals surface area contributed by atoms with Gasteiger partial charge in [-0.2, -0.15) is 0 Å². The summed E-state index contributed by atoms with van der Waals surface area (Å²) in [6.45, 7) is 0. The van der Waals surface area contributed by atoms with E-state index in [-0.39, 0.29) is 17.2 Å². The smallest absolute Gasteiger partial charge is 0.256 e. The highest BCUT2D eigenvalue weighted by Crippen LogP contribution is 2.36. The van der Waals surface area contributed by atoms with E-state index in [0.29, 0.717) is 27.6 Å². The molecular weight excluding hydrogens is 380 g/mol. The zero-order valence-electron chi connectivity index (χ0n) is 14.5. The standard InChI is InChI=1S/C20H16N2O5S/c23-19-14-8-4-7-13-17(10-9-15(21-19)18(13)14)28(26,27)22-16(20(24)25)11-12-5-2-1-3-6-12/h1-10,16,22H,11H2,(H,21,23)(H,24,25)/p-1. The van der Waals surface area contributed by atoms with E-state index in [9.17, 15) is 23.1 Å². The summed E-state index contributed by atoms with van der Waals surface area (Å²) in [6, 6.07) is 14.9. The molecule has 1 amide bonds. The van der Waals surface area contributed by atoms with Gasteiger partial charge in [-0.25, -0.2) is 13.1 Å². The van der Waals surface area contributed by atoms with Crippen LogP contribution in [0.4, 0.5) is 5.69 Å². The van der Waals surface area contributed by atoms with Crippen molar-refractivity contribution < 1.29 is 23.1 Å². The van der Waals surface area contributed by atoms with Crippen LogP contribution in [0, 0.1) is 0 Å². The van der Waals surface area contributed by atoms with Gasteiger partial charge in [0.2, 0.25) is 10.0 Å². The molecule has 1 aliphatic rings. The molecule has 1 aliphatic heterocycles. The van der Waals surface area contributed by atoms with Crippen LogP contribution in [0.2, 0.25) is 0 Å². The number of hydrogen-bond acceptors (Lipinski definition) is 5. The second-order valence-corrected chi connectivity index (χ2v) is 8.16. The molecule has 1 unspecified atom stereocenters. The molecule has 0 spiro atoms. The molecule has 0 aliphatic carbocycles. The number of rotatable bonds is 6. The van der Waals surface area contributed by atoms with Crippen molar-refractivity contribution in [1.82, 2.24) is 4.72 Å². The molecule has 142 valence electrons. The van der Waals surface area contributed by atoms with E-state index in [1.54, 1.807) is 48.5 Å². The van der Waals surface area contributed by atoms with Crippen LogP contribution < -0.4 is 15.1 Å². The molecule has 1 atom stereocenters. The topological polar surface area (TPSA) is 115 Å². The zero-order chi connectivity index (χ0) is 19.9. The quantitative estimate of drug-likeness (QED) is 0.647. The van der Waals surface area contributed by atoms with Crippen LogP contribution in [0.15, 0.2) is 65.6 Å². The molecule has 3 aromatic carbocycles. The summed E-state index contributed by atoms with van der Waals surface area (Å²) < 4.78 is 28.2. The Bertz CT molecular complexity index is 1210. The Morgan fingerprint density at radius 2 is 1.79 bits per heavy atom. The molecule has 28 heavy (non-hydrogen) atoms. The molecule has 2 N–H and O–H groups in total. The van der Waals surface area contributed by atoms with Crippen molar-refractivity contribution in [2.24, 2.45) is 0 Å². The van der Waals surface area contributed by atoms with E-state index < -0.39 is 22.0 Å². The fourth-order valence-electron chi connectivity index (χ4n) is 3.37. The van der Waals surface area contributed by atoms with Crippen LogP contribution in [0.25, 0.3) is 10.8 Å². The molecule has 0 bridgehead atoms. The fourth-order valence-corrected chi connectivity index (χ4v) is 4.76. The summed E-state index contributed by atoms with van der Waals surface area (Å²) in [5.74, 6) is -1.82. The number of amides is 1. The minimum atomic E-state index is -4.18. The molecule has 1 heterocycles. The first kappa shape index (κ1) is 18.1. The van der Waals surface area contributed by atoms with Gasteiger partial charge >= 0.3 is 0 Å². The van der Waals surface area contributed by atoms with Crippen LogP contribution in [0.3, 0.4) is 0 Å². The Kier molecular flexibility index (Phi) is 4.37. The predicted octanol–water partition coefficient (Wildman–Crippen LogP) is 1.04. The second-order valence-electron chi connectivity index (χ2n) is 6.48. The van der Waals surface area contributed by atoms with Crippen LogP contribution >= 0.6 is 0 Å². The van der Waals surface area contributed by atoms with Crippen LogP contribution in [0.1, 0.15) is 15.9 Å². The van der Waals surface area contributed by atoms with Gasteiger partial charge in [0, 0.05) is 22.0 Å². The average Bonchev–Trinajstić information content (AvgIpc) is 2.99. The number of carbonyl (C=O) groups is 2. The van der Waals surface area contributed by atoms with Crippen LogP contribution in [0.5, 0.6) is 0 Å². The van der Waals surface area contributed by atoms with E-state index >= 15 is 0 Å². The lowest BCUT2D eigenvalue weighted by Gasteiger charge is -2.20. The third kappa shape index (κ3) is 3.12. The third-order valence-corrected chi connectivity index (χ3v) is 6.18. The number of hydrogen-bond donors (Lipinski definition) is 2. The normalized spacial score (nSPS) is 14.1. The largest absolute Gasteiger partial charge is 0.548 e. The van der Waals surface area contributed by atoms with E-state index in [4.69, 9.17) is 0 Å². The third-order valence-electron chi connectivity index (χ3n) is 4.65. The summed E-state index contributed by atoms with van der Waals surface area (Å²) in [7, 11) is -4.18. The minimum Gasteiger partial charge on any atom is -0.548 e. The number of anilines is 1. The number of aliphatic carboxylic acids is 1. The highest BCUT2D eigenvalue weighted by Gasteiger charge is 2.28. The number of carboxylic acids is 1. The maximum absolute atomic E-state index is 13.0. The Morgan fingerprint density at radius 3 is 2.50 bits per heavy atom. The van der Waals surface area contributed by atoms with E-state index in [0.717, 1.165) is 0 Å². The van der Waals surface area contributed by atoms with Crippen LogP contribution in [-0.2, 0) is 21.2 Å². The maximum Gasteiger partial charge on any atom is 0.256 e. The highest BCUT2D eigenvalue weighted by atomic mass is 32.2. The first-order chi connectivity index (χ1) is 13.4. The van der Waals surface area contributed by atoms with Gasteiger partial charge in [0.05, 0.1) is 16.9 Å². The lowest BCUT2D eigenvalue weighted by molar-refractivity contribution is -0.307. The molecule has 0 saturated heterocycles. The monoisotopic (exact) mass is 395 g/mol. The summed E-state index contributed by atoms with van der Waals surface area (Å²) >= 11 is 0. The molecule has 0 fully saturated rings. The average molecular weight is 395 g/mol. The Balaban J connectivity index is 1.73. The van der Waals surface area contributed by atoms with Gasteiger partial charge < -0.3 is 15.2 Å². The minimum absolute atomic E-state index is 0.0519. The van der Waals surface area contributed by atoms with Crippen molar-refractivity contribution >= 4 is 38.4 Å². The molecule has 0 radical (unpaired) electrons. The molecular formula is C20H15N2O5S-. The van der Waals surface area contributed by atoms with Crippen molar-refractivity contribution in [3.63, 3.8) is 0 Å². The Morgan fingerprint density at radius 1 is 1.04 bits per heavy atom. The maximum atomic E-state index is 13.0. The fraction of sp³-hybridized carbons (Fsp3) is 0.100. The second kappa shape index (κ2) is 6.74. The lowest BCUT2D eigenvalue weighted by Crippen LogP contribution is -2.49. The lowest BCUT2D eigenvalue weighted by atomic mass is 10.1. The Hall–Kier alpha value is -3.23. The molecule has 7 nitrogen and oxygen atoms in total. The predicted molar refractivity (Wildman–Crippen MR) is 101 cm³/mol. The number of benzene rings is 3. The van der Waals surface area contributed by atoms with Gasteiger partial charge in [0.15, 0.2) is 0 Å². The van der Waals surface area contributed by atoms with Crippen molar-refractivity contribution in [2.45, 2.75) is 17.4 Å². The zero-order valence-corrected chi connectivity index (χ0v) is 15.3. The van der Waals surface area contributed by atoms with Crippen molar-refractivity contribution in [1.29, 1.82) is 0 Å². The Labute approximate surface area is 161 Å².